The number of rotatable bonds is 6. The normalized spacial score (nSPS) is 15.9. The van der Waals surface area contributed by atoms with Gasteiger partial charge in [0.05, 0.1) is 0 Å². The minimum Gasteiger partial charge on any atom is -0.313 e. The van der Waals surface area contributed by atoms with Gasteiger partial charge in [0.15, 0.2) is 0 Å². The number of hydrogen-bond acceptors (Lipinski definition) is 1. The van der Waals surface area contributed by atoms with Crippen LogP contribution >= 0.6 is 23.2 Å². The molecule has 2 aromatic rings. The molecular formula is C18H19Cl2N. The van der Waals surface area contributed by atoms with Crippen molar-refractivity contribution in [2.75, 3.05) is 6.54 Å². The summed E-state index contributed by atoms with van der Waals surface area (Å²) in [5.41, 5.74) is 2.47. The molecule has 3 rings (SSSR count). The average molecular weight is 320 g/mol. The third-order valence-electron chi connectivity index (χ3n) is 3.95. The summed E-state index contributed by atoms with van der Waals surface area (Å²) >= 11 is 12.5. The van der Waals surface area contributed by atoms with E-state index in [1.165, 1.54) is 24.0 Å². The Morgan fingerprint density at radius 3 is 2.57 bits per heavy atom. The summed E-state index contributed by atoms with van der Waals surface area (Å²) in [6.07, 6.45) is 3.54. The largest absolute Gasteiger partial charge is 0.313 e. The van der Waals surface area contributed by atoms with E-state index in [1.54, 1.807) is 0 Å². The lowest BCUT2D eigenvalue weighted by Gasteiger charge is -2.19. The average Bonchev–Trinajstić information content (AvgIpc) is 3.28. The van der Waals surface area contributed by atoms with Crippen LogP contribution in [0.3, 0.4) is 0 Å². The Hall–Kier alpha value is -1.02. The van der Waals surface area contributed by atoms with Crippen molar-refractivity contribution in [3.05, 3.63) is 69.7 Å². The second-order valence-electron chi connectivity index (χ2n) is 5.74. The summed E-state index contributed by atoms with van der Waals surface area (Å²) in [7, 11) is 0. The minimum atomic E-state index is 0.373. The molecule has 21 heavy (non-hydrogen) atoms. The van der Waals surface area contributed by atoms with Crippen LogP contribution in [0.1, 0.15) is 29.9 Å². The molecule has 0 radical (unpaired) electrons. The SMILES string of the molecule is Clc1cccc(CC(CNC2CC2)c2ccccc2Cl)c1. The predicted molar refractivity (Wildman–Crippen MR) is 90.4 cm³/mol. The Morgan fingerprint density at radius 2 is 1.86 bits per heavy atom. The van der Waals surface area contributed by atoms with Crippen LogP contribution in [-0.2, 0) is 6.42 Å². The summed E-state index contributed by atoms with van der Waals surface area (Å²) in [6.45, 7) is 0.959. The van der Waals surface area contributed by atoms with Crippen molar-refractivity contribution in [2.45, 2.75) is 31.2 Å². The summed E-state index contributed by atoms with van der Waals surface area (Å²) < 4.78 is 0. The first kappa shape index (κ1) is 14.9. The van der Waals surface area contributed by atoms with Crippen molar-refractivity contribution in [3.8, 4) is 0 Å². The fraction of sp³-hybridized carbons (Fsp3) is 0.333. The van der Waals surface area contributed by atoms with Gasteiger partial charge in [-0.2, -0.15) is 0 Å². The summed E-state index contributed by atoms with van der Waals surface area (Å²) in [6, 6.07) is 16.9. The van der Waals surface area contributed by atoms with Crippen molar-refractivity contribution in [1.29, 1.82) is 0 Å². The molecule has 1 aliphatic rings. The molecule has 1 atom stereocenters. The van der Waals surface area contributed by atoms with Crippen LogP contribution < -0.4 is 5.32 Å². The maximum absolute atomic E-state index is 6.39. The van der Waals surface area contributed by atoms with Gasteiger partial charge in [-0.3, -0.25) is 0 Å². The lowest BCUT2D eigenvalue weighted by molar-refractivity contribution is 0.577. The van der Waals surface area contributed by atoms with E-state index in [2.05, 4.69) is 23.5 Å². The van der Waals surface area contributed by atoms with E-state index in [-0.39, 0.29) is 0 Å². The fourth-order valence-electron chi connectivity index (χ4n) is 2.64. The first-order valence-electron chi connectivity index (χ1n) is 7.44. The van der Waals surface area contributed by atoms with Gasteiger partial charge in [-0.25, -0.2) is 0 Å². The van der Waals surface area contributed by atoms with Crippen molar-refractivity contribution < 1.29 is 0 Å². The third-order valence-corrected chi connectivity index (χ3v) is 4.53. The number of benzene rings is 2. The smallest absolute Gasteiger partial charge is 0.0441 e. The number of nitrogens with one attached hydrogen (secondary N) is 1. The van der Waals surface area contributed by atoms with Crippen molar-refractivity contribution in [2.24, 2.45) is 0 Å². The molecule has 3 heteroatoms. The highest BCUT2D eigenvalue weighted by Crippen LogP contribution is 2.29. The maximum Gasteiger partial charge on any atom is 0.0441 e. The molecule has 0 aliphatic heterocycles. The molecule has 0 spiro atoms. The Kier molecular flexibility index (Phi) is 4.84. The van der Waals surface area contributed by atoms with Crippen LogP contribution in [-0.4, -0.2) is 12.6 Å². The minimum absolute atomic E-state index is 0.373. The van der Waals surface area contributed by atoms with Gasteiger partial charge in [0.1, 0.15) is 0 Å². The lowest BCUT2D eigenvalue weighted by atomic mass is 9.91. The Morgan fingerprint density at radius 1 is 1.05 bits per heavy atom. The molecule has 0 heterocycles. The number of hydrogen-bond donors (Lipinski definition) is 1. The molecule has 0 aromatic heterocycles. The monoisotopic (exact) mass is 319 g/mol. The quantitative estimate of drug-likeness (QED) is 0.783. The standard InChI is InChI=1S/C18H19Cl2N/c19-15-5-3-4-13(11-15)10-14(12-21-16-8-9-16)17-6-1-2-7-18(17)20/h1-7,11,14,16,21H,8-10,12H2. The van der Waals surface area contributed by atoms with Gasteiger partial charge < -0.3 is 5.32 Å². The molecule has 1 nitrogen and oxygen atoms in total. The Balaban J connectivity index is 1.79. The van der Waals surface area contributed by atoms with E-state index in [9.17, 15) is 0 Å². The summed E-state index contributed by atoms with van der Waals surface area (Å²) in [4.78, 5) is 0. The predicted octanol–water partition coefficient (Wildman–Crippen LogP) is 5.07. The summed E-state index contributed by atoms with van der Waals surface area (Å²) in [5, 5.41) is 5.27. The molecule has 1 saturated carbocycles. The second kappa shape index (κ2) is 6.83. The molecule has 1 aliphatic carbocycles. The summed E-state index contributed by atoms with van der Waals surface area (Å²) in [5.74, 6) is 0.373. The molecule has 0 amide bonds. The molecular weight excluding hydrogens is 301 g/mol. The number of halogens is 2. The van der Waals surface area contributed by atoms with E-state index in [1.807, 2.05) is 30.3 Å². The second-order valence-corrected chi connectivity index (χ2v) is 6.58. The molecule has 1 unspecified atom stereocenters. The molecule has 110 valence electrons. The van der Waals surface area contributed by atoms with Crippen molar-refractivity contribution in [1.82, 2.24) is 5.32 Å². The molecule has 0 saturated heterocycles. The van der Waals surface area contributed by atoms with Crippen LogP contribution in [0.25, 0.3) is 0 Å². The topological polar surface area (TPSA) is 12.0 Å². The zero-order valence-electron chi connectivity index (χ0n) is 11.9. The van der Waals surface area contributed by atoms with Crippen LogP contribution in [0.2, 0.25) is 10.0 Å². The molecule has 0 bridgehead atoms. The van der Waals surface area contributed by atoms with Gasteiger partial charge in [0, 0.05) is 28.5 Å². The maximum atomic E-state index is 6.39. The van der Waals surface area contributed by atoms with Crippen molar-refractivity contribution >= 4 is 23.2 Å². The van der Waals surface area contributed by atoms with Crippen LogP contribution in [0.5, 0.6) is 0 Å². The zero-order valence-corrected chi connectivity index (χ0v) is 13.4. The van der Waals surface area contributed by atoms with E-state index in [0.717, 1.165) is 23.0 Å². The molecule has 1 N–H and O–H groups in total. The van der Waals surface area contributed by atoms with Crippen LogP contribution in [0, 0.1) is 0 Å². The van der Waals surface area contributed by atoms with E-state index in [4.69, 9.17) is 23.2 Å². The highest BCUT2D eigenvalue weighted by molar-refractivity contribution is 6.31. The van der Waals surface area contributed by atoms with Gasteiger partial charge in [-0.15, -0.1) is 0 Å². The lowest BCUT2D eigenvalue weighted by Crippen LogP contribution is -2.25. The van der Waals surface area contributed by atoms with Gasteiger partial charge in [0.25, 0.3) is 0 Å². The van der Waals surface area contributed by atoms with E-state index < -0.39 is 0 Å². The molecule has 1 fully saturated rings. The first-order chi connectivity index (χ1) is 10.2. The van der Waals surface area contributed by atoms with Gasteiger partial charge in [0.2, 0.25) is 0 Å². The van der Waals surface area contributed by atoms with Gasteiger partial charge >= 0.3 is 0 Å². The third kappa shape index (κ3) is 4.23. The fourth-order valence-corrected chi connectivity index (χ4v) is 3.15. The highest BCUT2D eigenvalue weighted by Gasteiger charge is 2.23. The van der Waals surface area contributed by atoms with Gasteiger partial charge in [-0.1, -0.05) is 53.5 Å². The van der Waals surface area contributed by atoms with Crippen LogP contribution in [0.15, 0.2) is 48.5 Å². The first-order valence-corrected chi connectivity index (χ1v) is 8.20. The van der Waals surface area contributed by atoms with Gasteiger partial charge in [-0.05, 0) is 48.6 Å². The highest BCUT2D eigenvalue weighted by atomic mass is 35.5. The Bertz CT molecular complexity index is 608. The van der Waals surface area contributed by atoms with Crippen LogP contribution in [0.4, 0.5) is 0 Å². The zero-order chi connectivity index (χ0) is 14.7. The Labute approximate surface area is 136 Å². The molecule has 2 aromatic carbocycles. The van der Waals surface area contributed by atoms with E-state index in [0.29, 0.717) is 12.0 Å². The van der Waals surface area contributed by atoms with Crippen molar-refractivity contribution in [3.63, 3.8) is 0 Å². The van der Waals surface area contributed by atoms with E-state index >= 15 is 0 Å².